The fourth-order valence-electron chi connectivity index (χ4n) is 2.24. The van der Waals surface area contributed by atoms with Gasteiger partial charge in [0.2, 0.25) is 0 Å². The lowest BCUT2D eigenvalue weighted by molar-refractivity contribution is -0.132. The van der Waals surface area contributed by atoms with Crippen LogP contribution in [0.5, 0.6) is 11.5 Å². The van der Waals surface area contributed by atoms with Gasteiger partial charge < -0.3 is 14.6 Å². The second-order valence-electron chi connectivity index (χ2n) is 5.51. The smallest absolute Gasteiger partial charge is 0.346 e. The Labute approximate surface area is 146 Å². The summed E-state index contributed by atoms with van der Waals surface area (Å²) < 4.78 is 11.3. The van der Waals surface area contributed by atoms with Gasteiger partial charge in [-0.3, -0.25) is 0 Å². The van der Waals surface area contributed by atoms with E-state index in [1.54, 1.807) is 30.3 Å². The third-order valence-corrected chi connectivity index (χ3v) is 3.48. The van der Waals surface area contributed by atoms with Crippen molar-refractivity contribution < 1.29 is 19.4 Å². The second kappa shape index (κ2) is 8.55. The van der Waals surface area contributed by atoms with Gasteiger partial charge in [0.25, 0.3) is 0 Å². The monoisotopic (exact) mass is 337 g/mol. The molecule has 0 spiro atoms. The van der Waals surface area contributed by atoms with Crippen LogP contribution in [0.3, 0.4) is 0 Å². The lowest BCUT2D eigenvalue weighted by Crippen LogP contribution is -2.09. The molecular formula is C20H19NO4. The second-order valence-corrected chi connectivity index (χ2v) is 5.51. The number of aryl methyl sites for hydroxylation is 2. The maximum atomic E-state index is 10.8. The van der Waals surface area contributed by atoms with Crippen molar-refractivity contribution in [1.29, 1.82) is 5.26 Å². The number of nitriles is 1. The summed E-state index contributed by atoms with van der Waals surface area (Å²) >= 11 is 0. The quantitative estimate of drug-likeness (QED) is 0.473. The Bertz CT molecular complexity index is 817. The van der Waals surface area contributed by atoms with Gasteiger partial charge in [0.1, 0.15) is 36.4 Å². The van der Waals surface area contributed by atoms with Crippen LogP contribution in [-0.2, 0) is 4.79 Å². The van der Waals surface area contributed by atoms with Gasteiger partial charge in [0.05, 0.1) is 0 Å². The van der Waals surface area contributed by atoms with Gasteiger partial charge in [-0.05, 0) is 49.2 Å². The molecule has 0 bridgehead atoms. The first-order valence-electron chi connectivity index (χ1n) is 7.77. The summed E-state index contributed by atoms with van der Waals surface area (Å²) in [4.78, 5) is 10.8. The maximum Gasteiger partial charge on any atom is 0.346 e. The zero-order valence-electron chi connectivity index (χ0n) is 14.2. The molecule has 0 aromatic heterocycles. The van der Waals surface area contributed by atoms with Gasteiger partial charge >= 0.3 is 5.97 Å². The van der Waals surface area contributed by atoms with E-state index in [1.807, 2.05) is 26.0 Å². The Hall–Kier alpha value is -3.26. The first kappa shape index (κ1) is 18.1. The average Bonchev–Trinajstić information content (AvgIpc) is 2.59. The fraction of sp³-hybridized carbons (Fsp3) is 0.200. The molecule has 0 aliphatic rings. The van der Waals surface area contributed by atoms with Crippen LogP contribution in [0.4, 0.5) is 0 Å². The van der Waals surface area contributed by atoms with Gasteiger partial charge in [-0.25, -0.2) is 4.79 Å². The predicted octanol–water partition coefficient (Wildman–Crippen LogP) is 3.75. The molecule has 0 saturated carbocycles. The molecule has 5 heteroatoms. The standard InChI is InChI=1S/C20H19NO4/c1-14-3-8-19(15(2)11-14)25-10-9-24-18-6-4-16(5-7-18)12-17(13-21)20(22)23/h3-8,11-12H,9-10H2,1-2H3,(H,22,23). The van der Waals surface area contributed by atoms with Crippen molar-refractivity contribution in [2.75, 3.05) is 13.2 Å². The molecule has 0 saturated heterocycles. The van der Waals surface area contributed by atoms with E-state index in [2.05, 4.69) is 6.07 Å². The van der Waals surface area contributed by atoms with Gasteiger partial charge in [0.15, 0.2) is 0 Å². The molecule has 1 N–H and O–H groups in total. The topological polar surface area (TPSA) is 79.5 Å². The van der Waals surface area contributed by atoms with E-state index in [0.717, 1.165) is 11.3 Å². The number of hydrogen-bond acceptors (Lipinski definition) is 4. The van der Waals surface area contributed by atoms with Crippen LogP contribution in [-0.4, -0.2) is 24.3 Å². The minimum absolute atomic E-state index is 0.310. The number of rotatable bonds is 7. The summed E-state index contributed by atoms with van der Waals surface area (Å²) in [6.45, 7) is 4.85. The van der Waals surface area contributed by atoms with Gasteiger partial charge in [-0.15, -0.1) is 0 Å². The number of ether oxygens (including phenoxy) is 2. The van der Waals surface area contributed by atoms with E-state index in [4.69, 9.17) is 19.8 Å². The molecule has 25 heavy (non-hydrogen) atoms. The zero-order valence-corrected chi connectivity index (χ0v) is 14.2. The predicted molar refractivity (Wildman–Crippen MR) is 94.6 cm³/mol. The first-order chi connectivity index (χ1) is 12.0. The fourth-order valence-corrected chi connectivity index (χ4v) is 2.24. The highest BCUT2D eigenvalue weighted by Crippen LogP contribution is 2.19. The minimum atomic E-state index is -1.24. The van der Waals surface area contributed by atoms with E-state index in [-0.39, 0.29) is 5.57 Å². The van der Waals surface area contributed by atoms with E-state index in [1.165, 1.54) is 11.6 Å². The van der Waals surface area contributed by atoms with Crippen molar-refractivity contribution in [3.05, 3.63) is 64.7 Å². The van der Waals surface area contributed by atoms with E-state index in [9.17, 15) is 4.79 Å². The SMILES string of the molecule is Cc1ccc(OCCOc2ccc(C=C(C#N)C(=O)O)cc2)c(C)c1. The highest BCUT2D eigenvalue weighted by molar-refractivity contribution is 5.96. The minimum Gasteiger partial charge on any atom is -0.490 e. The summed E-state index contributed by atoms with van der Waals surface area (Å²) in [7, 11) is 0. The number of nitrogens with zero attached hydrogens (tertiary/aromatic N) is 1. The molecule has 5 nitrogen and oxygen atoms in total. The summed E-state index contributed by atoms with van der Waals surface area (Å²) in [6.07, 6.45) is 1.31. The van der Waals surface area contributed by atoms with Crippen LogP contribution in [0.15, 0.2) is 48.0 Å². The van der Waals surface area contributed by atoms with Crippen molar-refractivity contribution in [1.82, 2.24) is 0 Å². The first-order valence-corrected chi connectivity index (χ1v) is 7.77. The molecule has 0 aliphatic carbocycles. The molecule has 0 heterocycles. The van der Waals surface area contributed by atoms with E-state index in [0.29, 0.717) is 24.5 Å². The molecule has 0 unspecified atom stereocenters. The van der Waals surface area contributed by atoms with E-state index < -0.39 is 5.97 Å². The number of carboxylic acid groups (broad SMARTS) is 1. The van der Waals surface area contributed by atoms with Crippen LogP contribution >= 0.6 is 0 Å². The number of benzene rings is 2. The highest BCUT2D eigenvalue weighted by Gasteiger charge is 2.05. The Morgan fingerprint density at radius 3 is 2.40 bits per heavy atom. The van der Waals surface area contributed by atoms with Gasteiger partial charge in [-0.2, -0.15) is 5.26 Å². The Morgan fingerprint density at radius 1 is 1.12 bits per heavy atom. The normalized spacial score (nSPS) is 10.8. The molecule has 2 aromatic rings. The molecule has 0 fully saturated rings. The number of carboxylic acids is 1. The number of carbonyl (C=O) groups is 1. The van der Waals surface area contributed by atoms with Crippen LogP contribution in [0, 0.1) is 25.2 Å². The molecule has 128 valence electrons. The lowest BCUT2D eigenvalue weighted by atomic mass is 10.1. The summed E-state index contributed by atoms with van der Waals surface area (Å²) in [5, 5.41) is 17.6. The number of hydrogen-bond donors (Lipinski definition) is 1. The zero-order chi connectivity index (χ0) is 18.2. The summed E-state index contributed by atoms with van der Waals surface area (Å²) in [5.41, 5.74) is 2.59. The molecule has 0 atom stereocenters. The third-order valence-electron chi connectivity index (χ3n) is 3.48. The van der Waals surface area contributed by atoms with Crippen LogP contribution in [0.2, 0.25) is 0 Å². The van der Waals surface area contributed by atoms with Crippen molar-refractivity contribution in [3.8, 4) is 17.6 Å². The van der Waals surface area contributed by atoms with Crippen molar-refractivity contribution in [3.63, 3.8) is 0 Å². The van der Waals surface area contributed by atoms with Gasteiger partial charge in [0, 0.05) is 0 Å². The van der Waals surface area contributed by atoms with Crippen LogP contribution < -0.4 is 9.47 Å². The summed E-state index contributed by atoms with van der Waals surface area (Å²) in [6, 6.07) is 14.5. The van der Waals surface area contributed by atoms with E-state index >= 15 is 0 Å². The average molecular weight is 337 g/mol. The van der Waals surface area contributed by atoms with Crippen molar-refractivity contribution in [2.45, 2.75) is 13.8 Å². The highest BCUT2D eigenvalue weighted by atomic mass is 16.5. The molecule has 0 aliphatic heterocycles. The Morgan fingerprint density at radius 2 is 1.80 bits per heavy atom. The molecule has 2 aromatic carbocycles. The molecule has 0 amide bonds. The maximum absolute atomic E-state index is 10.8. The van der Waals surface area contributed by atoms with Crippen LogP contribution in [0.1, 0.15) is 16.7 Å². The third kappa shape index (κ3) is 5.40. The van der Waals surface area contributed by atoms with Crippen molar-refractivity contribution >= 4 is 12.0 Å². The molecule has 0 radical (unpaired) electrons. The summed E-state index contributed by atoms with van der Waals surface area (Å²) in [5.74, 6) is 0.244. The Kier molecular flexibility index (Phi) is 6.19. The van der Waals surface area contributed by atoms with Crippen molar-refractivity contribution in [2.24, 2.45) is 0 Å². The number of aliphatic carboxylic acids is 1. The lowest BCUT2D eigenvalue weighted by Gasteiger charge is -2.11. The largest absolute Gasteiger partial charge is 0.490 e. The Balaban J connectivity index is 1.86. The molecular weight excluding hydrogens is 318 g/mol. The molecule has 2 rings (SSSR count). The van der Waals surface area contributed by atoms with Crippen LogP contribution in [0.25, 0.3) is 6.08 Å². The van der Waals surface area contributed by atoms with Gasteiger partial charge in [-0.1, -0.05) is 29.8 Å².